The fraction of sp³-hybridized carbons (Fsp3) is 0.105. The summed E-state index contributed by atoms with van der Waals surface area (Å²) in [5.74, 6) is -1.21. The summed E-state index contributed by atoms with van der Waals surface area (Å²) in [4.78, 5) is 20.9. The Labute approximate surface area is 188 Å². The Hall–Kier alpha value is -2.83. The van der Waals surface area contributed by atoms with Crippen molar-refractivity contribution in [2.24, 2.45) is 0 Å². The van der Waals surface area contributed by atoms with Crippen LogP contribution in [0.5, 0.6) is 5.75 Å². The van der Waals surface area contributed by atoms with Gasteiger partial charge in [-0.05, 0) is 23.6 Å². The van der Waals surface area contributed by atoms with Crippen LogP contribution in [-0.4, -0.2) is 30.6 Å². The van der Waals surface area contributed by atoms with Crippen molar-refractivity contribution >= 4 is 55.6 Å². The molecule has 13 heteroatoms. The van der Waals surface area contributed by atoms with Crippen molar-refractivity contribution in [2.45, 2.75) is 15.3 Å². The number of halogens is 4. The van der Waals surface area contributed by atoms with Gasteiger partial charge in [0, 0.05) is 11.5 Å². The van der Waals surface area contributed by atoms with E-state index in [9.17, 15) is 36.5 Å². The van der Waals surface area contributed by atoms with E-state index < -0.39 is 42.6 Å². The first kappa shape index (κ1) is 23.8. The molecule has 0 unspecified atom stereocenters. The van der Waals surface area contributed by atoms with Crippen molar-refractivity contribution in [3.05, 3.63) is 69.7 Å². The summed E-state index contributed by atoms with van der Waals surface area (Å²) in [5, 5.41) is 12.9. The Balaban J connectivity index is 1.79. The molecule has 0 aliphatic heterocycles. The van der Waals surface area contributed by atoms with E-state index in [1.165, 1.54) is 6.07 Å². The number of sulfone groups is 1. The van der Waals surface area contributed by atoms with Gasteiger partial charge in [-0.25, -0.2) is 8.42 Å². The molecule has 0 saturated heterocycles. The van der Waals surface area contributed by atoms with Crippen LogP contribution in [0.25, 0.3) is 10.8 Å². The largest absolute Gasteiger partial charge is 0.501 e. The fourth-order valence-corrected chi connectivity index (χ4v) is 4.48. The van der Waals surface area contributed by atoms with Crippen molar-refractivity contribution in [2.75, 3.05) is 5.75 Å². The van der Waals surface area contributed by atoms with Crippen LogP contribution < -0.4 is 4.74 Å². The number of nitro benzene ring substituents is 1. The number of nitrogens with zero attached hydrogens (tertiary/aromatic N) is 1. The first-order valence-corrected chi connectivity index (χ1v) is 11.4. The van der Waals surface area contributed by atoms with Crippen LogP contribution in [0.2, 0.25) is 5.02 Å². The van der Waals surface area contributed by atoms with E-state index in [-0.39, 0.29) is 15.7 Å². The SMILES string of the molecule is O=C(CSc1ccc(S(=O)(=O)C(F)(F)F)cc1[N+](=O)[O-])Oc1ccc2ccccc2c1Cl. The zero-order chi connectivity index (χ0) is 23.7. The minimum Gasteiger partial charge on any atom is -0.424 e. The van der Waals surface area contributed by atoms with Gasteiger partial charge in [-0.2, -0.15) is 13.2 Å². The Morgan fingerprint density at radius 3 is 2.47 bits per heavy atom. The molecule has 3 rings (SSSR count). The first-order chi connectivity index (χ1) is 14.9. The highest BCUT2D eigenvalue weighted by Crippen LogP contribution is 2.37. The van der Waals surface area contributed by atoms with E-state index in [4.69, 9.17) is 16.3 Å². The lowest BCUT2D eigenvalue weighted by Gasteiger charge is -2.10. The fourth-order valence-electron chi connectivity index (χ4n) is 2.64. The number of hydrogen-bond acceptors (Lipinski definition) is 7. The standard InChI is InChI=1S/C19H11ClF3NO6S2/c20-18-13-4-2-1-3-11(13)5-7-15(18)30-17(25)10-31-16-8-6-12(9-14(16)24(26)27)32(28,29)19(21,22)23/h1-9H,10H2. The molecule has 0 aromatic heterocycles. The molecule has 32 heavy (non-hydrogen) atoms. The third kappa shape index (κ3) is 4.81. The quantitative estimate of drug-likeness (QED) is 0.145. The summed E-state index contributed by atoms with van der Waals surface area (Å²) >= 11 is 6.85. The van der Waals surface area contributed by atoms with Crippen LogP contribution in [0, 0.1) is 10.1 Å². The third-order valence-corrected chi connectivity index (χ3v) is 7.05. The molecule has 0 spiro atoms. The summed E-state index contributed by atoms with van der Waals surface area (Å²) in [6, 6.07) is 12.0. The Morgan fingerprint density at radius 2 is 1.81 bits per heavy atom. The highest BCUT2D eigenvalue weighted by Gasteiger charge is 2.47. The molecule has 0 amide bonds. The molecule has 0 heterocycles. The van der Waals surface area contributed by atoms with E-state index in [0.29, 0.717) is 29.3 Å². The topological polar surface area (TPSA) is 104 Å². The van der Waals surface area contributed by atoms with E-state index in [1.54, 1.807) is 24.3 Å². The van der Waals surface area contributed by atoms with Crippen LogP contribution in [0.15, 0.2) is 64.4 Å². The molecule has 0 aliphatic rings. The van der Waals surface area contributed by atoms with Gasteiger partial charge in [0.25, 0.3) is 15.5 Å². The summed E-state index contributed by atoms with van der Waals surface area (Å²) in [5.41, 5.74) is -6.50. The smallest absolute Gasteiger partial charge is 0.424 e. The second-order valence-electron chi connectivity index (χ2n) is 6.20. The number of rotatable bonds is 6. The molecule has 168 valence electrons. The van der Waals surface area contributed by atoms with E-state index >= 15 is 0 Å². The minimum absolute atomic E-state index is 0.0667. The maximum Gasteiger partial charge on any atom is 0.501 e. The predicted octanol–water partition coefficient (Wildman–Crippen LogP) is 5.39. The third-order valence-electron chi connectivity index (χ3n) is 4.14. The first-order valence-electron chi connectivity index (χ1n) is 8.52. The number of ether oxygens (including phenoxy) is 1. The monoisotopic (exact) mass is 505 g/mol. The van der Waals surface area contributed by atoms with Crippen LogP contribution in [0.4, 0.5) is 18.9 Å². The van der Waals surface area contributed by atoms with Crippen LogP contribution in [0.1, 0.15) is 0 Å². The van der Waals surface area contributed by atoms with E-state index in [0.717, 1.165) is 11.5 Å². The maximum atomic E-state index is 12.7. The Kier molecular flexibility index (Phi) is 6.67. The normalized spacial score (nSPS) is 12.0. The van der Waals surface area contributed by atoms with Gasteiger partial charge in [-0.15, -0.1) is 11.8 Å². The molecule has 0 radical (unpaired) electrons. The average Bonchev–Trinajstić information content (AvgIpc) is 2.73. The van der Waals surface area contributed by atoms with Gasteiger partial charge >= 0.3 is 11.5 Å². The predicted molar refractivity (Wildman–Crippen MR) is 112 cm³/mol. The molecule has 0 bridgehead atoms. The number of carbonyl (C=O) groups is 1. The molecule has 7 nitrogen and oxygen atoms in total. The molecule has 3 aromatic rings. The summed E-state index contributed by atoms with van der Waals surface area (Å²) < 4.78 is 66.3. The van der Waals surface area contributed by atoms with Crippen molar-refractivity contribution in [3.8, 4) is 5.75 Å². The number of hydrogen-bond donors (Lipinski definition) is 0. The molecule has 3 aromatic carbocycles. The van der Waals surface area contributed by atoms with Gasteiger partial charge in [0.05, 0.1) is 25.5 Å². The lowest BCUT2D eigenvalue weighted by molar-refractivity contribution is -0.388. The molecule has 0 N–H and O–H groups in total. The number of carbonyl (C=O) groups excluding carboxylic acids is 1. The number of fused-ring (bicyclic) bond motifs is 1. The van der Waals surface area contributed by atoms with Gasteiger partial charge in [0.2, 0.25) is 0 Å². The number of benzene rings is 3. The average molecular weight is 506 g/mol. The lowest BCUT2D eigenvalue weighted by Crippen LogP contribution is -2.23. The molecular formula is C19H11ClF3NO6S2. The lowest BCUT2D eigenvalue weighted by atomic mass is 10.1. The minimum atomic E-state index is -5.76. The second-order valence-corrected chi connectivity index (χ2v) is 9.53. The Bertz CT molecular complexity index is 1330. The second kappa shape index (κ2) is 8.96. The van der Waals surface area contributed by atoms with Crippen LogP contribution in [0.3, 0.4) is 0 Å². The van der Waals surface area contributed by atoms with Crippen LogP contribution >= 0.6 is 23.4 Å². The Morgan fingerprint density at radius 1 is 1.12 bits per heavy atom. The zero-order valence-electron chi connectivity index (χ0n) is 15.6. The van der Waals surface area contributed by atoms with Gasteiger partial charge in [-0.3, -0.25) is 14.9 Å². The molecule has 0 aliphatic carbocycles. The summed E-state index contributed by atoms with van der Waals surface area (Å²) in [7, 11) is -5.76. The molecule has 0 fully saturated rings. The highest BCUT2D eigenvalue weighted by atomic mass is 35.5. The van der Waals surface area contributed by atoms with Crippen molar-refractivity contribution in [1.29, 1.82) is 0 Å². The van der Waals surface area contributed by atoms with Gasteiger partial charge in [0.15, 0.2) is 0 Å². The van der Waals surface area contributed by atoms with E-state index in [1.807, 2.05) is 6.07 Å². The number of nitro groups is 1. The van der Waals surface area contributed by atoms with Gasteiger partial charge in [0.1, 0.15) is 5.75 Å². The number of esters is 1. The molecule has 0 atom stereocenters. The van der Waals surface area contributed by atoms with Gasteiger partial charge < -0.3 is 4.74 Å². The number of alkyl halides is 3. The molecular weight excluding hydrogens is 495 g/mol. The number of thioether (sulfide) groups is 1. The van der Waals surface area contributed by atoms with Crippen molar-refractivity contribution < 1.29 is 36.0 Å². The van der Waals surface area contributed by atoms with Crippen LogP contribution in [-0.2, 0) is 14.6 Å². The zero-order valence-corrected chi connectivity index (χ0v) is 18.0. The molecule has 0 saturated carbocycles. The van der Waals surface area contributed by atoms with Crippen molar-refractivity contribution in [3.63, 3.8) is 0 Å². The van der Waals surface area contributed by atoms with E-state index in [2.05, 4.69) is 0 Å². The highest BCUT2D eigenvalue weighted by molar-refractivity contribution is 8.00. The van der Waals surface area contributed by atoms with Gasteiger partial charge in [-0.1, -0.05) is 41.9 Å². The summed E-state index contributed by atoms with van der Waals surface area (Å²) in [6.07, 6.45) is 0. The van der Waals surface area contributed by atoms with Crippen molar-refractivity contribution in [1.82, 2.24) is 0 Å². The summed E-state index contributed by atoms with van der Waals surface area (Å²) in [6.45, 7) is 0. The maximum absolute atomic E-state index is 12.7.